The van der Waals surface area contributed by atoms with E-state index in [2.05, 4.69) is 5.32 Å². The van der Waals surface area contributed by atoms with Crippen LogP contribution in [0.3, 0.4) is 0 Å². The summed E-state index contributed by atoms with van der Waals surface area (Å²) in [6.45, 7) is 1.53. The zero-order chi connectivity index (χ0) is 16.3. The fourth-order valence-electron chi connectivity index (χ4n) is 1.80. The average molecular weight is 325 g/mol. The van der Waals surface area contributed by atoms with E-state index in [0.29, 0.717) is 11.8 Å². The molecule has 7 heteroatoms. The number of sulfone groups is 1. The van der Waals surface area contributed by atoms with Crippen molar-refractivity contribution in [3.05, 3.63) is 59.7 Å². The molecule has 116 valence electrons. The predicted molar refractivity (Wildman–Crippen MR) is 78.5 cm³/mol. The molecule has 0 unspecified atom stereocenters. The molecule has 0 aliphatic rings. The fraction of sp³-hybridized carbons (Fsp3) is 0.133. The van der Waals surface area contributed by atoms with Crippen molar-refractivity contribution in [3.8, 4) is 0 Å². The zero-order valence-electron chi connectivity index (χ0n) is 11.6. The third-order valence-electron chi connectivity index (χ3n) is 2.98. The number of hydrogen-bond acceptors (Lipinski definition) is 3. The Morgan fingerprint density at radius 1 is 1.05 bits per heavy atom. The molecule has 0 radical (unpaired) electrons. The molecule has 2 aromatic carbocycles. The van der Waals surface area contributed by atoms with E-state index < -0.39 is 27.4 Å². The molecule has 0 aliphatic carbocycles. The monoisotopic (exact) mass is 325 g/mol. The first kappa shape index (κ1) is 16.1. The highest BCUT2D eigenvalue weighted by Crippen LogP contribution is 2.16. The Morgan fingerprint density at radius 3 is 2.09 bits per heavy atom. The van der Waals surface area contributed by atoms with Crippen LogP contribution in [0.5, 0.6) is 0 Å². The summed E-state index contributed by atoms with van der Waals surface area (Å²) >= 11 is 0. The summed E-state index contributed by atoms with van der Waals surface area (Å²) in [7, 11) is -3.32. The van der Waals surface area contributed by atoms with Crippen molar-refractivity contribution in [1.29, 1.82) is 0 Å². The second-order valence-corrected chi connectivity index (χ2v) is 6.82. The SMILES string of the molecule is CCS(=O)(=O)c1ccc(NC(=O)c2cc(F)cc(F)c2)cc1. The normalized spacial score (nSPS) is 11.2. The van der Waals surface area contributed by atoms with Crippen LogP contribution in [0.2, 0.25) is 0 Å². The van der Waals surface area contributed by atoms with E-state index in [4.69, 9.17) is 0 Å². The lowest BCUT2D eigenvalue weighted by Gasteiger charge is -2.07. The second kappa shape index (κ2) is 6.23. The van der Waals surface area contributed by atoms with Crippen LogP contribution in [0.25, 0.3) is 0 Å². The van der Waals surface area contributed by atoms with Gasteiger partial charge < -0.3 is 5.32 Å². The molecule has 0 fully saturated rings. The Balaban J connectivity index is 2.19. The molecule has 22 heavy (non-hydrogen) atoms. The molecule has 0 heterocycles. The Labute approximate surface area is 126 Å². The Hall–Kier alpha value is -2.28. The lowest BCUT2D eigenvalue weighted by Crippen LogP contribution is -2.12. The van der Waals surface area contributed by atoms with Crippen LogP contribution in [0.15, 0.2) is 47.4 Å². The summed E-state index contributed by atoms with van der Waals surface area (Å²) in [6.07, 6.45) is 0. The van der Waals surface area contributed by atoms with Crippen molar-refractivity contribution >= 4 is 21.4 Å². The Kier molecular flexibility index (Phi) is 4.56. The number of benzene rings is 2. The van der Waals surface area contributed by atoms with Crippen molar-refractivity contribution in [2.75, 3.05) is 11.1 Å². The Morgan fingerprint density at radius 2 is 1.59 bits per heavy atom. The van der Waals surface area contributed by atoms with E-state index >= 15 is 0 Å². The van der Waals surface area contributed by atoms with Gasteiger partial charge in [-0.3, -0.25) is 4.79 Å². The minimum Gasteiger partial charge on any atom is -0.322 e. The van der Waals surface area contributed by atoms with E-state index in [1.165, 1.54) is 31.2 Å². The lowest BCUT2D eigenvalue weighted by molar-refractivity contribution is 0.102. The maximum Gasteiger partial charge on any atom is 0.255 e. The smallest absolute Gasteiger partial charge is 0.255 e. The minimum atomic E-state index is -3.32. The van der Waals surface area contributed by atoms with E-state index in [-0.39, 0.29) is 16.2 Å². The van der Waals surface area contributed by atoms with Crippen LogP contribution in [0, 0.1) is 11.6 Å². The molecule has 1 amide bonds. The summed E-state index contributed by atoms with van der Waals surface area (Å²) in [6, 6.07) is 8.04. The zero-order valence-corrected chi connectivity index (χ0v) is 12.5. The predicted octanol–water partition coefficient (Wildman–Crippen LogP) is 3.01. The number of halogens is 2. The van der Waals surface area contributed by atoms with Gasteiger partial charge in [0.05, 0.1) is 10.6 Å². The topological polar surface area (TPSA) is 63.2 Å². The highest BCUT2D eigenvalue weighted by Gasteiger charge is 2.12. The van der Waals surface area contributed by atoms with Crippen LogP contribution in [0.1, 0.15) is 17.3 Å². The van der Waals surface area contributed by atoms with Gasteiger partial charge in [-0.2, -0.15) is 0 Å². The highest BCUT2D eigenvalue weighted by molar-refractivity contribution is 7.91. The van der Waals surface area contributed by atoms with Gasteiger partial charge in [-0.1, -0.05) is 6.92 Å². The van der Waals surface area contributed by atoms with Gasteiger partial charge in [0.25, 0.3) is 5.91 Å². The Bertz CT molecular complexity index is 782. The van der Waals surface area contributed by atoms with E-state index in [1.54, 1.807) is 0 Å². The lowest BCUT2D eigenvalue weighted by atomic mass is 10.2. The van der Waals surface area contributed by atoms with Crippen molar-refractivity contribution < 1.29 is 22.0 Å². The molecule has 0 aliphatic heterocycles. The van der Waals surface area contributed by atoms with Crippen molar-refractivity contribution in [3.63, 3.8) is 0 Å². The van der Waals surface area contributed by atoms with Gasteiger partial charge in [-0.25, -0.2) is 17.2 Å². The molecule has 2 aromatic rings. The van der Waals surface area contributed by atoms with Crippen LogP contribution in [-0.2, 0) is 9.84 Å². The van der Waals surface area contributed by atoms with E-state index in [9.17, 15) is 22.0 Å². The molecule has 4 nitrogen and oxygen atoms in total. The molecule has 1 N–H and O–H groups in total. The summed E-state index contributed by atoms with van der Waals surface area (Å²) in [5, 5.41) is 2.44. The number of hydrogen-bond donors (Lipinski definition) is 1. The first-order chi connectivity index (χ1) is 10.3. The molecule has 0 aromatic heterocycles. The summed E-state index contributed by atoms with van der Waals surface area (Å²) in [4.78, 5) is 12.0. The third-order valence-corrected chi connectivity index (χ3v) is 4.73. The average Bonchev–Trinajstić information content (AvgIpc) is 2.46. The van der Waals surface area contributed by atoms with Crippen molar-refractivity contribution in [1.82, 2.24) is 0 Å². The van der Waals surface area contributed by atoms with Gasteiger partial charge in [0.15, 0.2) is 9.84 Å². The number of amides is 1. The van der Waals surface area contributed by atoms with Gasteiger partial charge in [0.2, 0.25) is 0 Å². The molecular formula is C15H13F2NO3S. The van der Waals surface area contributed by atoms with Gasteiger partial charge in [-0.05, 0) is 36.4 Å². The number of anilines is 1. The van der Waals surface area contributed by atoms with Gasteiger partial charge in [0.1, 0.15) is 11.6 Å². The summed E-state index contributed by atoms with van der Waals surface area (Å²) < 4.78 is 49.4. The third kappa shape index (κ3) is 3.67. The first-order valence-corrected chi connectivity index (χ1v) is 8.07. The molecule has 2 rings (SSSR count). The number of carbonyl (C=O) groups is 1. The molecule has 0 spiro atoms. The second-order valence-electron chi connectivity index (χ2n) is 4.54. The van der Waals surface area contributed by atoms with Gasteiger partial charge in [0, 0.05) is 17.3 Å². The maximum absolute atomic E-state index is 13.1. The number of carbonyl (C=O) groups excluding carboxylic acids is 1. The van der Waals surface area contributed by atoms with Crippen LogP contribution < -0.4 is 5.32 Å². The van der Waals surface area contributed by atoms with Crippen LogP contribution in [-0.4, -0.2) is 20.1 Å². The van der Waals surface area contributed by atoms with E-state index in [0.717, 1.165) is 12.1 Å². The molecule has 0 saturated heterocycles. The molecular weight excluding hydrogens is 312 g/mol. The summed E-state index contributed by atoms with van der Waals surface area (Å²) in [5.41, 5.74) is 0.160. The van der Waals surface area contributed by atoms with Crippen LogP contribution in [0.4, 0.5) is 14.5 Å². The van der Waals surface area contributed by atoms with E-state index in [1.807, 2.05) is 0 Å². The largest absolute Gasteiger partial charge is 0.322 e. The standard InChI is InChI=1S/C15H13F2NO3S/c1-2-22(20,21)14-5-3-13(4-6-14)18-15(19)10-7-11(16)9-12(17)8-10/h3-9H,2H2,1H3,(H,18,19). The van der Waals surface area contributed by atoms with Gasteiger partial charge in [-0.15, -0.1) is 0 Å². The van der Waals surface area contributed by atoms with Gasteiger partial charge >= 0.3 is 0 Å². The maximum atomic E-state index is 13.1. The van der Waals surface area contributed by atoms with Crippen LogP contribution >= 0.6 is 0 Å². The highest BCUT2D eigenvalue weighted by atomic mass is 32.2. The van der Waals surface area contributed by atoms with Crippen molar-refractivity contribution in [2.24, 2.45) is 0 Å². The number of nitrogens with one attached hydrogen (secondary N) is 1. The molecule has 0 bridgehead atoms. The minimum absolute atomic E-state index is 0.0265. The summed E-state index contributed by atoms with van der Waals surface area (Å²) in [5.74, 6) is -2.42. The first-order valence-electron chi connectivity index (χ1n) is 6.42. The fourth-order valence-corrected chi connectivity index (χ4v) is 2.68. The number of rotatable bonds is 4. The quantitative estimate of drug-likeness (QED) is 0.940. The molecule has 0 atom stereocenters. The van der Waals surface area contributed by atoms with Crippen molar-refractivity contribution in [2.45, 2.75) is 11.8 Å². The molecule has 0 saturated carbocycles.